The number of hydrogen-bond donors (Lipinski definition) is 2. The number of alkyl halides is 1. The molecule has 0 aliphatic rings. The zero-order valence-electron chi connectivity index (χ0n) is 12.8. The summed E-state index contributed by atoms with van der Waals surface area (Å²) in [6.45, 7) is -1.69. The van der Waals surface area contributed by atoms with Crippen LogP contribution in [0.5, 0.6) is 5.75 Å². The number of carboxylic acid groups (broad SMARTS) is 2. The number of ether oxygens (including phenoxy) is 1. The Bertz CT molecular complexity index is 600. The van der Waals surface area contributed by atoms with Gasteiger partial charge in [-0.2, -0.15) is 0 Å². The van der Waals surface area contributed by atoms with E-state index in [0.717, 1.165) is 0 Å². The van der Waals surface area contributed by atoms with Crippen molar-refractivity contribution in [2.24, 2.45) is 0 Å². The van der Waals surface area contributed by atoms with E-state index in [0.29, 0.717) is 15.8 Å². The van der Waals surface area contributed by atoms with Gasteiger partial charge in [-0.25, -0.2) is 14.0 Å². The average Bonchev–Trinajstić information content (AvgIpc) is 2.56. The Labute approximate surface area is 160 Å². The molecule has 0 saturated carbocycles. The molecule has 0 amide bonds. The Balaban J connectivity index is 0. The monoisotopic (exact) mass is 412 g/mol. The maximum Gasteiger partial charge on any atom is 0.341 e. The van der Waals surface area contributed by atoms with Crippen molar-refractivity contribution >= 4 is 47.5 Å². The third-order valence-corrected chi connectivity index (χ3v) is 2.56. The molecule has 0 unspecified atom stereocenters. The zero-order chi connectivity index (χ0) is 18.4. The van der Waals surface area contributed by atoms with Crippen LogP contribution < -0.4 is 4.74 Å². The van der Waals surface area contributed by atoms with Gasteiger partial charge in [0.1, 0.15) is 5.75 Å². The van der Waals surface area contributed by atoms with Crippen LogP contribution in [-0.4, -0.2) is 35.4 Å². The van der Waals surface area contributed by atoms with Crippen LogP contribution >= 0.6 is 35.6 Å². The van der Waals surface area contributed by atoms with Gasteiger partial charge in [0.05, 0.1) is 5.02 Å². The first-order valence-corrected chi connectivity index (χ1v) is 7.19. The van der Waals surface area contributed by atoms with Crippen LogP contribution in [0, 0.1) is 0 Å². The third-order valence-electron chi connectivity index (χ3n) is 2.03. The van der Waals surface area contributed by atoms with Crippen LogP contribution in [0.15, 0.2) is 54.6 Å². The molecular weight excluding hydrogens is 398 g/mol. The van der Waals surface area contributed by atoms with Gasteiger partial charge in [-0.15, -0.1) is 12.4 Å². The van der Waals surface area contributed by atoms with E-state index in [2.05, 4.69) is 0 Å². The number of carbonyl (C=O) groups is 2. The smallest absolute Gasteiger partial charge is 0.341 e. The fraction of sp³-hybridized carbons (Fsp3) is 0.125. The highest BCUT2D eigenvalue weighted by molar-refractivity contribution is 6.35. The molecule has 0 radical (unpaired) electrons. The van der Waals surface area contributed by atoms with Gasteiger partial charge in [-0.05, 0) is 18.2 Å². The van der Waals surface area contributed by atoms with Crippen molar-refractivity contribution in [3.63, 3.8) is 0 Å². The quantitative estimate of drug-likeness (QED) is 0.765. The molecule has 25 heavy (non-hydrogen) atoms. The van der Waals surface area contributed by atoms with Gasteiger partial charge in [-0.1, -0.05) is 59.6 Å². The van der Waals surface area contributed by atoms with E-state index in [1.807, 2.05) is 36.4 Å². The van der Waals surface area contributed by atoms with E-state index in [4.69, 9.17) is 42.9 Å². The molecule has 0 aromatic heterocycles. The standard InChI is InChI=1S/C8H6Cl2O3.C6H6.C2H3FO2.ClH/c9-5-1-2-7(6(10)3-5)13-4-8(11)12;1-2-4-6-5-3-1;3-1-2(4)5;/h1-3H,4H2,(H,11,12);1-6H;1H2,(H,4,5);1H. The van der Waals surface area contributed by atoms with Crippen molar-refractivity contribution in [2.45, 2.75) is 0 Å². The van der Waals surface area contributed by atoms with Crippen molar-refractivity contribution in [3.05, 3.63) is 64.6 Å². The number of halogens is 4. The maximum absolute atomic E-state index is 10.5. The summed E-state index contributed by atoms with van der Waals surface area (Å²) in [7, 11) is 0. The molecule has 9 heteroatoms. The van der Waals surface area contributed by atoms with Crippen LogP contribution in [0.3, 0.4) is 0 Å². The van der Waals surface area contributed by atoms with Crippen LogP contribution in [0.1, 0.15) is 0 Å². The van der Waals surface area contributed by atoms with Crippen molar-refractivity contribution in [1.29, 1.82) is 0 Å². The Morgan fingerprint density at radius 3 is 1.72 bits per heavy atom. The normalized spacial score (nSPS) is 8.44. The molecule has 0 fully saturated rings. The molecule has 0 aliphatic carbocycles. The second-order valence-corrected chi connectivity index (χ2v) is 4.78. The molecule has 0 bridgehead atoms. The number of hydrogen-bond acceptors (Lipinski definition) is 3. The van der Waals surface area contributed by atoms with Gasteiger partial charge in [0.15, 0.2) is 13.3 Å². The summed E-state index contributed by atoms with van der Waals surface area (Å²) in [5.41, 5.74) is 0. The molecule has 138 valence electrons. The van der Waals surface area contributed by atoms with E-state index >= 15 is 0 Å². The first kappa shape index (κ1) is 25.2. The lowest BCUT2D eigenvalue weighted by Crippen LogP contribution is -2.09. The van der Waals surface area contributed by atoms with Gasteiger partial charge in [0.2, 0.25) is 0 Å². The molecule has 2 aromatic carbocycles. The molecule has 2 N–H and O–H groups in total. The zero-order valence-corrected chi connectivity index (χ0v) is 15.1. The van der Waals surface area contributed by atoms with Gasteiger partial charge in [0.25, 0.3) is 0 Å². The lowest BCUT2D eigenvalue weighted by Gasteiger charge is -2.04. The maximum atomic E-state index is 10.5. The van der Waals surface area contributed by atoms with E-state index < -0.39 is 25.2 Å². The summed E-state index contributed by atoms with van der Waals surface area (Å²) >= 11 is 11.3. The van der Waals surface area contributed by atoms with Crippen molar-refractivity contribution in [3.8, 4) is 5.75 Å². The Hall–Kier alpha value is -2.02. The van der Waals surface area contributed by atoms with E-state index in [1.54, 1.807) is 6.07 Å². The lowest BCUT2D eigenvalue weighted by molar-refractivity contribution is -0.139. The van der Waals surface area contributed by atoms with Gasteiger partial charge < -0.3 is 14.9 Å². The van der Waals surface area contributed by atoms with Crippen molar-refractivity contribution in [2.75, 3.05) is 13.3 Å². The van der Waals surface area contributed by atoms with Crippen LogP contribution in [0.25, 0.3) is 0 Å². The fourth-order valence-corrected chi connectivity index (χ4v) is 1.58. The Kier molecular flexibility index (Phi) is 15.6. The predicted octanol–water partition coefficient (Wildman–Crippen LogP) is 4.61. The first-order chi connectivity index (χ1) is 11.4. The predicted molar refractivity (Wildman–Crippen MR) is 96.9 cm³/mol. The van der Waals surface area contributed by atoms with Crippen LogP contribution in [-0.2, 0) is 9.59 Å². The number of aliphatic carboxylic acids is 2. The van der Waals surface area contributed by atoms with Crippen molar-refractivity contribution in [1.82, 2.24) is 0 Å². The Morgan fingerprint density at radius 2 is 1.40 bits per heavy atom. The molecule has 0 saturated heterocycles. The molecule has 2 rings (SSSR count). The molecular formula is C16H16Cl3FO5. The molecule has 5 nitrogen and oxygen atoms in total. The second-order valence-electron chi connectivity index (χ2n) is 3.94. The van der Waals surface area contributed by atoms with Gasteiger partial charge >= 0.3 is 11.9 Å². The minimum Gasteiger partial charge on any atom is -0.480 e. The SMILES string of the molecule is Cl.O=C(O)CF.O=C(O)COc1ccc(Cl)cc1Cl.c1ccccc1. The minimum absolute atomic E-state index is 0. The summed E-state index contributed by atoms with van der Waals surface area (Å²) in [5, 5.41) is 16.5. The van der Waals surface area contributed by atoms with Gasteiger partial charge in [-0.3, -0.25) is 0 Å². The highest BCUT2D eigenvalue weighted by Gasteiger charge is 2.04. The molecule has 0 spiro atoms. The Morgan fingerprint density at radius 1 is 0.960 bits per heavy atom. The topological polar surface area (TPSA) is 83.8 Å². The average molecular weight is 414 g/mol. The van der Waals surface area contributed by atoms with Crippen molar-refractivity contribution < 1.29 is 28.9 Å². The second kappa shape index (κ2) is 15.5. The third kappa shape index (κ3) is 15.3. The molecule has 0 atom stereocenters. The van der Waals surface area contributed by atoms with Crippen LogP contribution in [0.4, 0.5) is 4.39 Å². The minimum atomic E-state index is -1.41. The fourth-order valence-electron chi connectivity index (χ4n) is 1.12. The summed E-state index contributed by atoms with van der Waals surface area (Å²) in [5.74, 6) is -2.15. The van der Waals surface area contributed by atoms with Gasteiger partial charge in [0, 0.05) is 5.02 Å². The number of rotatable bonds is 4. The molecule has 0 heterocycles. The molecule has 2 aromatic rings. The number of carboxylic acids is 2. The highest BCUT2D eigenvalue weighted by Crippen LogP contribution is 2.27. The summed E-state index contributed by atoms with van der Waals surface area (Å²) < 4.78 is 15.4. The van der Waals surface area contributed by atoms with Crippen LogP contribution in [0.2, 0.25) is 10.0 Å². The first-order valence-electron chi connectivity index (χ1n) is 6.44. The lowest BCUT2D eigenvalue weighted by atomic mass is 10.3. The van der Waals surface area contributed by atoms with E-state index in [9.17, 15) is 9.18 Å². The number of benzene rings is 2. The summed E-state index contributed by atoms with van der Waals surface area (Å²) in [6.07, 6.45) is 0. The summed E-state index contributed by atoms with van der Waals surface area (Å²) in [6, 6.07) is 16.6. The van der Waals surface area contributed by atoms with E-state index in [-0.39, 0.29) is 12.4 Å². The summed E-state index contributed by atoms with van der Waals surface area (Å²) in [4.78, 5) is 19.1. The largest absolute Gasteiger partial charge is 0.480 e. The highest BCUT2D eigenvalue weighted by atomic mass is 35.5. The van der Waals surface area contributed by atoms with E-state index in [1.165, 1.54) is 12.1 Å². The molecule has 0 aliphatic heterocycles.